The first-order valence-corrected chi connectivity index (χ1v) is 24.9. The monoisotopic (exact) mass is 1000 g/mol. The molecule has 1 aliphatic rings. The van der Waals surface area contributed by atoms with E-state index < -0.39 is 68.4 Å². The highest BCUT2D eigenvalue weighted by Crippen LogP contribution is 2.38. The lowest BCUT2D eigenvalue weighted by molar-refractivity contribution is -0.142. The molecule has 70 heavy (non-hydrogen) atoms. The molecule has 1 heterocycles. The predicted molar refractivity (Wildman–Crippen MR) is 256 cm³/mol. The summed E-state index contributed by atoms with van der Waals surface area (Å²) in [4.78, 5) is 108. The molecule has 0 aliphatic carbocycles. The first-order valence-electron chi connectivity index (χ1n) is 23.3. The Morgan fingerprint density at radius 1 is 0.614 bits per heavy atom. The molecule has 2 aromatic rings. The standard InChI is InChI=1S/C47H67N6O16P/c1-33(10-9-27-69-70(65,66)52-38(47(63)64)19-23-45(59)60)50-43(57)20-18-37(46(61)62)51-42(56)15-3-2-8-25-48-41(55)24-28-67-30-31-68-29-26-49-40(54)21-22-44(58)53-32-36-13-5-4-11-34(36)16-17-35-12-6-7-14-39(35)53/h4-7,11-14,16-17,33,37-38H,2-3,8-10,15,18-32H2,1H3,(H,48,55)(H,49,54)(H,50,57)(H,51,56)(H,59,60)(H,61,62)(H,63,64)(H2,52,65,66)/b17-16-/t33-,37?,38+/m1/s1. The molecule has 0 aromatic heterocycles. The summed E-state index contributed by atoms with van der Waals surface area (Å²) in [6.07, 6.45) is 5.02. The van der Waals surface area contributed by atoms with Gasteiger partial charge in [-0.15, -0.1) is 0 Å². The maximum Gasteiger partial charge on any atom is 0.403 e. The second-order valence-electron chi connectivity index (χ2n) is 16.5. The Hall–Kier alpha value is -6.03. The van der Waals surface area contributed by atoms with Crippen LogP contribution in [0.15, 0.2) is 48.5 Å². The third kappa shape index (κ3) is 24.0. The maximum absolute atomic E-state index is 13.4. The van der Waals surface area contributed by atoms with Gasteiger partial charge < -0.3 is 55.9 Å². The van der Waals surface area contributed by atoms with Crippen molar-refractivity contribution < 1.29 is 77.1 Å². The van der Waals surface area contributed by atoms with Crippen molar-refractivity contribution in [1.29, 1.82) is 0 Å². The second-order valence-corrected chi connectivity index (χ2v) is 18.0. The van der Waals surface area contributed by atoms with Crippen LogP contribution < -0.4 is 31.3 Å². The van der Waals surface area contributed by atoms with Crippen molar-refractivity contribution in [3.05, 3.63) is 65.2 Å². The van der Waals surface area contributed by atoms with Crippen molar-refractivity contribution in [2.45, 2.75) is 115 Å². The van der Waals surface area contributed by atoms with E-state index in [0.29, 0.717) is 32.4 Å². The molecule has 5 amide bonds. The molecule has 0 saturated carbocycles. The zero-order chi connectivity index (χ0) is 51.3. The Morgan fingerprint density at radius 3 is 1.97 bits per heavy atom. The second kappa shape index (κ2) is 32.0. The zero-order valence-electron chi connectivity index (χ0n) is 39.4. The van der Waals surface area contributed by atoms with Crippen LogP contribution >= 0.6 is 7.75 Å². The minimum Gasteiger partial charge on any atom is -0.481 e. The minimum absolute atomic E-state index is 0.0367. The summed E-state index contributed by atoms with van der Waals surface area (Å²) in [7, 11) is -4.57. The van der Waals surface area contributed by atoms with Crippen molar-refractivity contribution in [3.8, 4) is 0 Å². The zero-order valence-corrected chi connectivity index (χ0v) is 40.3. The van der Waals surface area contributed by atoms with Gasteiger partial charge in [0.25, 0.3) is 0 Å². The minimum atomic E-state index is -4.57. The normalized spacial score (nSPS) is 14.5. The van der Waals surface area contributed by atoms with Gasteiger partial charge in [0.2, 0.25) is 29.5 Å². The Morgan fingerprint density at radius 2 is 1.24 bits per heavy atom. The van der Waals surface area contributed by atoms with Crippen LogP contribution in [0.25, 0.3) is 12.2 Å². The molecule has 0 radical (unpaired) electrons. The van der Waals surface area contributed by atoms with Crippen LogP contribution in [-0.2, 0) is 63.5 Å². The summed E-state index contributed by atoms with van der Waals surface area (Å²) in [5.41, 5.74) is 3.77. The molecular formula is C47H67N6O16P. The number of benzene rings is 2. The number of carboxylic acids is 3. The molecular weight excluding hydrogens is 936 g/mol. The molecule has 0 bridgehead atoms. The van der Waals surface area contributed by atoms with E-state index in [1.54, 1.807) is 11.8 Å². The molecule has 0 spiro atoms. The van der Waals surface area contributed by atoms with E-state index in [1.165, 1.54) is 0 Å². The van der Waals surface area contributed by atoms with Gasteiger partial charge in [0.05, 0.1) is 45.3 Å². The highest BCUT2D eigenvalue weighted by molar-refractivity contribution is 7.50. The fourth-order valence-electron chi connectivity index (χ4n) is 7.01. The van der Waals surface area contributed by atoms with E-state index in [9.17, 15) is 52.9 Å². The molecule has 2 unspecified atom stereocenters. The number of unbranched alkanes of at least 4 members (excludes halogenated alkanes) is 2. The summed E-state index contributed by atoms with van der Waals surface area (Å²) in [5.74, 6) is -5.69. The fourth-order valence-corrected chi connectivity index (χ4v) is 8.10. The van der Waals surface area contributed by atoms with Crippen LogP contribution in [0, 0.1) is 0 Å². The number of carbonyl (C=O) groups is 8. The van der Waals surface area contributed by atoms with E-state index in [4.69, 9.17) is 24.2 Å². The summed E-state index contributed by atoms with van der Waals surface area (Å²) in [5, 5.41) is 40.0. The number of carbonyl (C=O) groups excluding carboxylic acids is 5. The van der Waals surface area contributed by atoms with Gasteiger partial charge in [0.1, 0.15) is 12.1 Å². The van der Waals surface area contributed by atoms with Crippen molar-refractivity contribution in [3.63, 3.8) is 0 Å². The highest BCUT2D eigenvalue weighted by Gasteiger charge is 2.29. The Labute approximate surface area is 406 Å². The van der Waals surface area contributed by atoms with Gasteiger partial charge in [-0.05, 0) is 68.2 Å². The highest BCUT2D eigenvalue weighted by atomic mass is 31.2. The lowest BCUT2D eigenvalue weighted by Crippen LogP contribution is -2.42. The number of fused-ring (bicyclic) bond motifs is 2. The molecule has 0 fully saturated rings. The number of amides is 5. The average molecular weight is 1000 g/mol. The average Bonchev–Trinajstić information content (AvgIpc) is 3.30. The van der Waals surface area contributed by atoms with Gasteiger partial charge in [0.15, 0.2) is 0 Å². The van der Waals surface area contributed by atoms with Crippen molar-refractivity contribution in [1.82, 2.24) is 26.4 Å². The van der Waals surface area contributed by atoms with E-state index in [2.05, 4.69) is 21.3 Å². The Kier molecular flexibility index (Phi) is 26.6. The quantitative estimate of drug-likeness (QED) is 0.0353. The van der Waals surface area contributed by atoms with E-state index in [1.807, 2.05) is 65.8 Å². The molecule has 2 aromatic carbocycles. The van der Waals surface area contributed by atoms with Gasteiger partial charge in [0, 0.05) is 57.7 Å². The fraction of sp³-hybridized carbons (Fsp3) is 0.532. The van der Waals surface area contributed by atoms with Crippen LogP contribution in [0.4, 0.5) is 5.69 Å². The molecule has 23 heteroatoms. The number of nitrogens with zero attached hydrogens (tertiary/aromatic N) is 1. The maximum atomic E-state index is 13.4. The molecule has 1 aliphatic heterocycles. The number of carboxylic acid groups (broad SMARTS) is 3. The first kappa shape index (κ1) is 58.3. The summed E-state index contributed by atoms with van der Waals surface area (Å²) >= 11 is 0. The SMILES string of the molecule is C[C@H](CCCOP(=O)(O)N[C@@H](CCC(=O)O)C(=O)O)NC(=O)CCC(NC(=O)CCCCCNC(=O)CCOCCOCCNC(=O)CCC(=O)N1Cc2ccccc2/C=C\c2ccccc21)C(=O)O. The number of rotatable bonds is 35. The van der Waals surface area contributed by atoms with Crippen molar-refractivity contribution >= 4 is 73.0 Å². The van der Waals surface area contributed by atoms with Gasteiger partial charge >= 0.3 is 25.7 Å². The number of nitrogens with one attached hydrogen (secondary N) is 5. The molecule has 4 atom stereocenters. The summed E-state index contributed by atoms with van der Waals surface area (Å²) < 4.78 is 28.0. The third-order valence-electron chi connectivity index (χ3n) is 10.7. The first-order chi connectivity index (χ1) is 33.4. The van der Waals surface area contributed by atoms with Crippen LogP contribution in [0.1, 0.15) is 107 Å². The van der Waals surface area contributed by atoms with E-state index in [0.717, 1.165) is 22.4 Å². The lowest BCUT2D eigenvalue weighted by Gasteiger charge is -2.27. The van der Waals surface area contributed by atoms with Crippen LogP contribution in [0.3, 0.4) is 0 Å². The van der Waals surface area contributed by atoms with Gasteiger partial charge in [-0.2, -0.15) is 0 Å². The molecule has 22 nitrogen and oxygen atoms in total. The van der Waals surface area contributed by atoms with Crippen LogP contribution in [0.2, 0.25) is 0 Å². The molecule has 9 N–H and O–H groups in total. The predicted octanol–water partition coefficient (Wildman–Crippen LogP) is 3.36. The number of anilines is 1. The topological polar surface area (TPSA) is 326 Å². The number of aliphatic carboxylic acids is 3. The smallest absolute Gasteiger partial charge is 0.403 e. The Balaban J connectivity index is 1.15. The number of para-hydroxylation sites is 1. The number of ether oxygens (including phenoxy) is 2. The van der Waals surface area contributed by atoms with Crippen molar-refractivity contribution in [2.75, 3.05) is 51.0 Å². The van der Waals surface area contributed by atoms with Gasteiger partial charge in [-0.25, -0.2) is 14.4 Å². The molecule has 3 rings (SSSR count). The lowest BCUT2D eigenvalue weighted by atomic mass is 10.0. The van der Waals surface area contributed by atoms with Gasteiger partial charge in [-0.3, -0.25) is 38.1 Å². The third-order valence-corrected chi connectivity index (χ3v) is 11.9. The molecule has 0 saturated heterocycles. The van der Waals surface area contributed by atoms with Crippen LogP contribution in [-0.4, -0.2) is 132 Å². The number of hydrogen-bond acceptors (Lipinski definition) is 12. The van der Waals surface area contributed by atoms with Gasteiger partial charge in [-0.1, -0.05) is 61.0 Å². The molecule has 386 valence electrons. The number of hydrogen-bond donors (Lipinski definition) is 9. The summed E-state index contributed by atoms with van der Waals surface area (Å²) in [6, 6.07) is 12.2. The van der Waals surface area contributed by atoms with Crippen molar-refractivity contribution in [2.24, 2.45) is 0 Å². The summed E-state index contributed by atoms with van der Waals surface area (Å²) in [6.45, 7) is 3.35. The van der Waals surface area contributed by atoms with Crippen LogP contribution in [0.5, 0.6) is 0 Å². The largest absolute Gasteiger partial charge is 0.481 e. The Bertz CT molecular complexity index is 2140. The van der Waals surface area contributed by atoms with E-state index >= 15 is 0 Å². The van der Waals surface area contributed by atoms with E-state index in [-0.39, 0.29) is 109 Å².